The van der Waals surface area contributed by atoms with Gasteiger partial charge in [0.2, 0.25) is 0 Å². The van der Waals surface area contributed by atoms with E-state index < -0.39 is 28.5 Å². The van der Waals surface area contributed by atoms with E-state index in [2.05, 4.69) is 5.32 Å². The molecule has 0 aliphatic rings. The molecule has 0 saturated carbocycles. The van der Waals surface area contributed by atoms with Gasteiger partial charge in [-0.25, -0.2) is 0 Å². The normalized spacial score (nSPS) is 12.2. The number of carbonyl (C=O) groups excluding carboxylic acids is 1. The molecule has 0 amide bonds. The maximum atomic E-state index is 13.4. The second-order valence-electron chi connectivity index (χ2n) is 8.24. The summed E-state index contributed by atoms with van der Waals surface area (Å²) in [6.45, 7) is 0.192. The number of ether oxygens (including phenoxy) is 1. The lowest BCUT2D eigenvalue weighted by atomic mass is 9.94. The van der Waals surface area contributed by atoms with E-state index >= 15 is 0 Å². The maximum absolute atomic E-state index is 13.4. The van der Waals surface area contributed by atoms with Crippen LogP contribution in [0.4, 0.5) is 13.2 Å². The highest BCUT2D eigenvalue weighted by Gasteiger charge is 2.31. The summed E-state index contributed by atoms with van der Waals surface area (Å²) in [7, 11) is -0.0457. The predicted molar refractivity (Wildman–Crippen MR) is 134 cm³/mol. The zero-order chi connectivity index (χ0) is 27.0. The number of methoxy groups -OCH3 is 1. The largest absolute Gasteiger partial charge is 0.496 e. The molecule has 10 heteroatoms. The third-order valence-electron chi connectivity index (χ3n) is 5.54. The maximum Gasteiger partial charge on any atom is 0.416 e. The van der Waals surface area contributed by atoms with Crippen LogP contribution in [0.25, 0.3) is 11.1 Å². The molecule has 0 aromatic heterocycles. The van der Waals surface area contributed by atoms with Gasteiger partial charge in [-0.05, 0) is 53.1 Å². The van der Waals surface area contributed by atoms with Crippen LogP contribution >= 0.6 is 0 Å². The molecule has 0 bridgehead atoms. The fourth-order valence-electron chi connectivity index (χ4n) is 3.75. The van der Waals surface area contributed by atoms with Crippen LogP contribution in [-0.2, 0) is 39.5 Å². The van der Waals surface area contributed by atoms with Gasteiger partial charge in [0.25, 0.3) is 0 Å². The van der Waals surface area contributed by atoms with E-state index in [0.29, 0.717) is 32.9 Å². The lowest BCUT2D eigenvalue weighted by molar-refractivity contribution is -0.138. The third kappa shape index (κ3) is 7.99. The summed E-state index contributed by atoms with van der Waals surface area (Å²) < 4.78 is 58.0. The molecular weight excluding hydrogens is 507 g/mol. The summed E-state index contributed by atoms with van der Waals surface area (Å²) in [5, 5.41) is 12.1. The van der Waals surface area contributed by atoms with Crippen molar-refractivity contribution in [1.29, 1.82) is 0 Å². The molecule has 6 nitrogen and oxygen atoms in total. The Labute approximate surface area is 214 Å². The van der Waals surface area contributed by atoms with Crippen LogP contribution in [0.3, 0.4) is 0 Å². The van der Waals surface area contributed by atoms with Gasteiger partial charge < -0.3 is 15.2 Å². The molecule has 0 aliphatic heterocycles. The number of hydrogen-bond donors (Lipinski definition) is 2. The summed E-state index contributed by atoms with van der Waals surface area (Å²) in [6.07, 6.45) is -4.75. The minimum Gasteiger partial charge on any atom is -0.496 e. The van der Waals surface area contributed by atoms with Gasteiger partial charge in [-0.3, -0.25) is 13.8 Å². The molecule has 2 N–H and O–H groups in total. The first-order valence-electron chi connectivity index (χ1n) is 11.3. The van der Waals surface area contributed by atoms with Crippen molar-refractivity contribution in [3.05, 3.63) is 83.4 Å². The van der Waals surface area contributed by atoms with Gasteiger partial charge in [-0.2, -0.15) is 13.2 Å². The first kappa shape index (κ1) is 28.1. The molecule has 37 heavy (non-hydrogen) atoms. The third-order valence-corrected chi connectivity index (χ3v) is 6.92. The van der Waals surface area contributed by atoms with Crippen molar-refractivity contribution in [1.82, 2.24) is 5.32 Å². The Morgan fingerprint density at radius 3 is 2.38 bits per heavy atom. The molecule has 196 valence electrons. The van der Waals surface area contributed by atoms with Gasteiger partial charge in [-0.1, -0.05) is 30.3 Å². The fraction of sp³-hybridized carbons (Fsp3) is 0.259. The zero-order valence-electron chi connectivity index (χ0n) is 20.0. The molecule has 0 spiro atoms. The van der Waals surface area contributed by atoms with E-state index in [1.54, 1.807) is 48.5 Å². The number of carboxylic acid groups (broad SMARTS) is 1. The van der Waals surface area contributed by atoms with E-state index in [1.165, 1.54) is 13.2 Å². The summed E-state index contributed by atoms with van der Waals surface area (Å²) >= 11 is 0. The highest BCUT2D eigenvalue weighted by atomic mass is 32.2. The van der Waals surface area contributed by atoms with E-state index in [4.69, 9.17) is 9.84 Å². The second kappa shape index (κ2) is 12.6. The van der Waals surface area contributed by atoms with Crippen molar-refractivity contribution in [3.63, 3.8) is 0 Å². The number of hydrogen-bond acceptors (Lipinski definition) is 5. The molecule has 0 aliphatic carbocycles. The van der Waals surface area contributed by atoms with E-state index in [0.717, 1.165) is 12.1 Å². The molecule has 0 fully saturated rings. The molecular formula is C27H26F3NO5S. The number of nitrogens with one attached hydrogen (secondary N) is 1. The van der Waals surface area contributed by atoms with Crippen molar-refractivity contribution in [2.75, 3.05) is 19.4 Å². The Kier molecular flexibility index (Phi) is 9.60. The van der Waals surface area contributed by atoms with Crippen LogP contribution in [0.5, 0.6) is 5.75 Å². The second-order valence-corrected chi connectivity index (χ2v) is 9.69. The summed E-state index contributed by atoms with van der Waals surface area (Å²) in [5.41, 5.74) is 0.852. The Hall–Kier alpha value is -3.50. The highest BCUT2D eigenvalue weighted by Crippen LogP contribution is 2.37. The number of halogens is 3. The minimum absolute atomic E-state index is 0.0145. The first-order valence-corrected chi connectivity index (χ1v) is 12.7. The Balaban J connectivity index is 1.77. The van der Waals surface area contributed by atoms with Crippen LogP contribution in [0.2, 0.25) is 0 Å². The molecule has 3 rings (SSSR count). The number of benzene rings is 3. The van der Waals surface area contributed by atoms with Crippen LogP contribution in [0.15, 0.2) is 71.6 Å². The van der Waals surface area contributed by atoms with Crippen molar-refractivity contribution < 1.29 is 36.8 Å². The van der Waals surface area contributed by atoms with Crippen LogP contribution in [0, 0.1) is 0 Å². The molecule has 1 unspecified atom stereocenters. The summed E-state index contributed by atoms with van der Waals surface area (Å²) in [5.74, 6) is -1.03. The van der Waals surface area contributed by atoms with Gasteiger partial charge in [0, 0.05) is 30.0 Å². The van der Waals surface area contributed by atoms with Gasteiger partial charge in [0.1, 0.15) is 11.5 Å². The number of rotatable bonds is 12. The number of ketones is 1. The van der Waals surface area contributed by atoms with Crippen molar-refractivity contribution in [2.24, 2.45) is 0 Å². The topological polar surface area (TPSA) is 92.7 Å². The fourth-order valence-corrected chi connectivity index (χ4v) is 4.82. The molecule has 1 atom stereocenters. The lowest BCUT2D eigenvalue weighted by Gasteiger charge is -2.17. The SMILES string of the molecule is COc1ccc(CC(=O)O)cc1-c1ccc(C(F)(F)F)cc1CNCCC(=O)CS(=O)c1ccccc1. The van der Waals surface area contributed by atoms with Crippen molar-refractivity contribution in [3.8, 4) is 16.9 Å². The van der Waals surface area contributed by atoms with Gasteiger partial charge in [0.15, 0.2) is 0 Å². The van der Waals surface area contributed by atoms with Gasteiger partial charge in [-0.15, -0.1) is 0 Å². The molecule has 3 aromatic rings. The molecule has 0 heterocycles. The van der Waals surface area contributed by atoms with Crippen LogP contribution in [0.1, 0.15) is 23.1 Å². The number of carbonyl (C=O) groups is 2. The van der Waals surface area contributed by atoms with Crippen molar-refractivity contribution >= 4 is 22.6 Å². The zero-order valence-corrected chi connectivity index (χ0v) is 20.8. The molecule has 0 saturated heterocycles. The molecule has 0 radical (unpaired) electrons. The standard InChI is InChI=1S/C27H26F3NO5S/c1-36-25-10-7-18(14-26(33)34)13-24(25)23-9-8-20(27(28,29)30)15-19(23)16-31-12-11-21(32)17-37(35)22-5-3-2-4-6-22/h2-10,13,15,31H,11-12,14,16-17H2,1H3,(H,33,34). The smallest absolute Gasteiger partial charge is 0.416 e. The summed E-state index contributed by atoms with van der Waals surface area (Å²) in [6, 6.07) is 16.7. The van der Waals surface area contributed by atoms with Crippen molar-refractivity contribution in [2.45, 2.75) is 30.5 Å². The van der Waals surface area contributed by atoms with E-state index in [1.807, 2.05) is 0 Å². The quantitative estimate of drug-likeness (QED) is 0.323. The van der Waals surface area contributed by atoms with Gasteiger partial charge in [0.05, 0.1) is 35.6 Å². The Morgan fingerprint density at radius 1 is 1.00 bits per heavy atom. The number of alkyl halides is 3. The van der Waals surface area contributed by atoms with E-state index in [9.17, 15) is 27.0 Å². The predicted octanol–water partition coefficient (Wildman–Crippen LogP) is 4.86. The average molecular weight is 534 g/mol. The Morgan fingerprint density at radius 2 is 1.73 bits per heavy atom. The number of Topliss-reactive ketones (excluding diaryl/α,β-unsaturated/α-hetero) is 1. The number of aliphatic carboxylic acids is 1. The highest BCUT2D eigenvalue weighted by molar-refractivity contribution is 7.85. The number of carboxylic acids is 1. The lowest BCUT2D eigenvalue weighted by Crippen LogP contribution is -2.21. The first-order chi connectivity index (χ1) is 17.6. The van der Waals surface area contributed by atoms with Crippen LogP contribution < -0.4 is 10.1 Å². The minimum atomic E-state index is -4.56. The molecule has 3 aromatic carbocycles. The van der Waals surface area contributed by atoms with Crippen LogP contribution in [-0.4, -0.2) is 40.5 Å². The Bertz CT molecular complexity index is 1280. The summed E-state index contributed by atoms with van der Waals surface area (Å²) in [4.78, 5) is 24.0. The van der Waals surface area contributed by atoms with E-state index in [-0.39, 0.29) is 37.5 Å². The average Bonchev–Trinajstić information content (AvgIpc) is 2.86. The van der Waals surface area contributed by atoms with Gasteiger partial charge >= 0.3 is 12.1 Å². The monoisotopic (exact) mass is 533 g/mol.